The molecule has 2 atom stereocenters. The van der Waals surface area contributed by atoms with E-state index in [4.69, 9.17) is 0 Å². The summed E-state index contributed by atoms with van der Waals surface area (Å²) in [6.07, 6.45) is 0. The van der Waals surface area contributed by atoms with Gasteiger partial charge < -0.3 is 10.3 Å². The van der Waals surface area contributed by atoms with Gasteiger partial charge in [-0.15, -0.1) is 0 Å². The summed E-state index contributed by atoms with van der Waals surface area (Å²) in [6.45, 7) is 9.20. The zero-order valence-electron chi connectivity index (χ0n) is 14.4. The topological polar surface area (TPSA) is 66.5 Å². The average molecular weight is 313 g/mol. The van der Waals surface area contributed by atoms with Crippen LogP contribution in [0, 0.1) is 13.8 Å². The number of carbonyl (C=O) groups excluding carboxylic acids is 2. The van der Waals surface area contributed by atoms with Gasteiger partial charge in [0.1, 0.15) is 12.1 Å². The molecule has 1 aromatic carbocycles. The molecular weight excluding hydrogens is 288 g/mol. The maximum Gasteiger partial charge on any atom is 0.235 e. The minimum absolute atomic E-state index is 0.00964. The van der Waals surface area contributed by atoms with Crippen molar-refractivity contribution in [3.05, 3.63) is 58.4 Å². The van der Waals surface area contributed by atoms with Crippen LogP contribution in [0.3, 0.4) is 0 Å². The minimum atomic E-state index is -0.221. The van der Waals surface area contributed by atoms with Crippen molar-refractivity contribution in [2.75, 3.05) is 0 Å². The summed E-state index contributed by atoms with van der Waals surface area (Å²) in [5, 5.41) is 2.06. The van der Waals surface area contributed by atoms with Crippen molar-refractivity contribution in [3.63, 3.8) is 0 Å². The molecule has 2 rings (SSSR count). The van der Waals surface area contributed by atoms with Gasteiger partial charge in [-0.1, -0.05) is 30.3 Å². The van der Waals surface area contributed by atoms with Crippen molar-refractivity contribution in [1.82, 2.24) is 4.98 Å². The van der Waals surface area contributed by atoms with Gasteiger partial charge in [-0.2, -0.15) is 0 Å². The molecule has 0 saturated heterocycles. The molecule has 2 aromatic rings. The fraction of sp³-hybridized carbons (Fsp3) is 0.368. The van der Waals surface area contributed by atoms with Crippen molar-refractivity contribution in [1.29, 1.82) is 0 Å². The van der Waals surface area contributed by atoms with E-state index in [9.17, 15) is 9.59 Å². The SMILES string of the molecule is CC(=O)c1c(C)[nH]c(C(=O)[C@H](C)[NH2+][C@H](C)c2ccccc2)c1C. The molecular formula is C19H25N2O2+. The molecule has 0 spiro atoms. The number of benzene rings is 1. The molecule has 4 nitrogen and oxygen atoms in total. The number of carbonyl (C=O) groups is 2. The van der Waals surface area contributed by atoms with E-state index in [0.717, 1.165) is 11.3 Å². The van der Waals surface area contributed by atoms with Crippen LogP contribution in [0.1, 0.15) is 64.5 Å². The number of Topliss-reactive ketones (excluding diaryl/α,β-unsaturated/α-hetero) is 2. The van der Waals surface area contributed by atoms with Gasteiger partial charge in [-0.05, 0) is 40.2 Å². The lowest BCUT2D eigenvalue weighted by molar-refractivity contribution is -0.709. The Bertz CT molecular complexity index is 716. The lowest BCUT2D eigenvalue weighted by Gasteiger charge is -2.16. The first-order valence-corrected chi connectivity index (χ1v) is 7.97. The predicted molar refractivity (Wildman–Crippen MR) is 90.8 cm³/mol. The largest absolute Gasteiger partial charge is 0.355 e. The highest BCUT2D eigenvalue weighted by atomic mass is 16.1. The Kier molecular flexibility index (Phi) is 5.16. The molecule has 0 aliphatic heterocycles. The quantitative estimate of drug-likeness (QED) is 0.805. The van der Waals surface area contributed by atoms with E-state index in [1.165, 1.54) is 12.5 Å². The maximum absolute atomic E-state index is 12.7. The first kappa shape index (κ1) is 17.2. The van der Waals surface area contributed by atoms with E-state index in [1.807, 2.05) is 39.0 Å². The number of hydrogen-bond donors (Lipinski definition) is 2. The summed E-state index contributed by atoms with van der Waals surface area (Å²) >= 11 is 0. The first-order chi connectivity index (χ1) is 10.8. The van der Waals surface area contributed by atoms with Gasteiger partial charge in [0.25, 0.3) is 0 Å². The number of aromatic amines is 1. The van der Waals surface area contributed by atoms with Gasteiger partial charge in [0.15, 0.2) is 5.78 Å². The Labute approximate surface area is 137 Å². The molecule has 1 heterocycles. The third-order valence-electron chi connectivity index (χ3n) is 4.35. The summed E-state index contributed by atoms with van der Waals surface area (Å²) < 4.78 is 0. The Morgan fingerprint density at radius 1 is 1.09 bits per heavy atom. The molecule has 0 amide bonds. The Morgan fingerprint density at radius 2 is 1.70 bits per heavy atom. The number of nitrogens with one attached hydrogen (secondary N) is 1. The standard InChI is InChI=1S/C19H24N2O2/c1-11-17(15(5)22)13(3)21-18(11)19(23)14(4)20-12(2)16-9-7-6-8-10-16/h6-10,12,14,20-21H,1-5H3/p+1/t12-,14+/m1/s1. The highest BCUT2D eigenvalue weighted by Crippen LogP contribution is 2.19. The van der Waals surface area contributed by atoms with Gasteiger partial charge in [0, 0.05) is 16.8 Å². The molecule has 0 saturated carbocycles. The number of H-pyrrole nitrogens is 1. The van der Waals surface area contributed by atoms with E-state index >= 15 is 0 Å². The zero-order chi connectivity index (χ0) is 17.1. The smallest absolute Gasteiger partial charge is 0.235 e. The van der Waals surface area contributed by atoms with Crippen LogP contribution in [0.25, 0.3) is 0 Å². The predicted octanol–water partition coefficient (Wildman–Crippen LogP) is 2.73. The van der Waals surface area contributed by atoms with Gasteiger partial charge in [0.2, 0.25) is 5.78 Å². The second-order valence-corrected chi connectivity index (χ2v) is 6.23. The first-order valence-electron chi connectivity index (χ1n) is 7.97. The van der Waals surface area contributed by atoms with E-state index in [1.54, 1.807) is 0 Å². The van der Waals surface area contributed by atoms with Crippen molar-refractivity contribution in [2.45, 2.75) is 46.7 Å². The second-order valence-electron chi connectivity index (χ2n) is 6.23. The van der Waals surface area contributed by atoms with Crippen LogP contribution >= 0.6 is 0 Å². The molecule has 0 aliphatic rings. The molecule has 0 fully saturated rings. The number of aromatic nitrogens is 1. The highest BCUT2D eigenvalue weighted by molar-refractivity contribution is 6.04. The molecule has 0 aliphatic carbocycles. The fourth-order valence-electron chi connectivity index (χ4n) is 3.14. The van der Waals surface area contributed by atoms with Crippen molar-refractivity contribution < 1.29 is 14.9 Å². The van der Waals surface area contributed by atoms with Gasteiger partial charge in [-0.25, -0.2) is 0 Å². The van der Waals surface area contributed by atoms with Crippen LogP contribution in [-0.4, -0.2) is 22.6 Å². The highest BCUT2D eigenvalue weighted by Gasteiger charge is 2.27. The molecule has 0 bridgehead atoms. The van der Waals surface area contributed by atoms with Crippen molar-refractivity contribution >= 4 is 11.6 Å². The van der Waals surface area contributed by atoms with Crippen LogP contribution in [0.4, 0.5) is 0 Å². The van der Waals surface area contributed by atoms with Crippen LogP contribution < -0.4 is 5.32 Å². The van der Waals surface area contributed by atoms with Gasteiger partial charge in [-0.3, -0.25) is 9.59 Å². The summed E-state index contributed by atoms with van der Waals surface area (Å²) in [5.74, 6) is 0.0190. The van der Waals surface area contributed by atoms with E-state index in [2.05, 4.69) is 29.4 Å². The summed E-state index contributed by atoms with van der Waals surface area (Å²) in [6, 6.07) is 10.1. The van der Waals surface area contributed by atoms with E-state index in [0.29, 0.717) is 11.3 Å². The van der Waals surface area contributed by atoms with Crippen LogP contribution in [0.2, 0.25) is 0 Å². The van der Waals surface area contributed by atoms with E-state index < -0.39 is 0 Å². The van der Waals surface area contributed by atoms with Crippen LogP contribution in [-0.2, 0) is 0 Å². The lowest BCUT2D eigenvalue weighted by atomic mass is 10.0. The monoisotopic (exact) mass is 313 g/mol. The fourth-order valence-corrected chi connectivity index (χ4v) is 3.14. The molecule has 4 heteroatoms. The molecule has 3 N–H and O–H groups in total. The normalized spacial score (nSPS) is 13.6. The van der Waals surface area contributed by atoms with Crippen LogP contribution in [0.5, 0.6) is 0 Å². The average Bonchev–Trinajstić information content (AvgIpc) is 2.82. The molecule has 23 heavy (non-hydrogen) atoms. The number of quaternary nitrogens is 1. The second kappa shape index (κ2) is 6.92. The molecule has 0 radical (unpaired) electrons. The number of ketones is 2. The Balaban J connectivity index is 2.17. The molecule has 0 unspecified atom stereocenters. The van der Waals surface area contributed by atoms with Crippen LogP contribution in [0.15, 0.2) is 30.3 Å². The minimum Gasteiger partial charge on any atom is -0.355 e. The Morgan fingerprint density at radius 3 is 2.22 bits per heavy atom. The summed E-state index contributed by atoms with van der Waals surface area (Å²) in [5.41, 5.74) is 3.90. The summed E-state index contributed by atoms with van der Waals surface area (Å²) in [4.78, 5) is 27.6. The van der Waals surface area contributed by atoms with Crippen molar-refractivity contribution in [3.8, 4) is 0 Å². The van der Waals surface area contributed by atoms with Gasteiger partial charge in [0.05, 0.1) is 5.69 Å². The number of hydrogen-bond acceptors (Lipinski definition) is 2. The molecule has 1 aromatic heterocycles. The third-order valence-corrected chi connectivity index (χ3v) is 4.35. The number of nitrogens with two attached hydrogens (primary N) is 1. The maximum atomic E-state index is 12.7. The zero-order valence-corrected chi connectivity index (χ0v) is 14.4. The Hall–Kier alpha value is -2.20. The number of rotatable bonds is 6. The molecule has 122 valence electrons. The van der Waals surface area contributed by atoms with E-state index in [-0.39, 0.29) is 23.7 Å². The van der Waals surface area contributed by atoms with Crippen molar-refractivity contribution in [2.24, 2.45) is 0 Å². The lowest BCUT2D eigenvalue weighted by Crippen LogP contribution is -2.91. The summed E-state index contributed by atoms with van der Waals surface area (Å²) in [7, 11) is 0. The van der Waals surface area contributed by atoms with Gasteiger partial charge >= 0.3 is 0 Å². The number of aryl methyl sites for hydroxylation is 1. The third kappa shape index (κ3) is 3.59.